The van der Waals surface area contributed by atoms with Gasteiger partial charge in [0.2, 0.25) is 5.91 Å². The van der Waals surface area contributed by atoms with Gasteiger partial charge in [-0.05, 0) is 23.6 Å². The van der Waals surface area contributed by atoms with Gasteiger partial charge in [-0.15, -0.1) is 11.3 Å². The Kier molecular flexibility index (Phi) is 3.48. The smallest absolute Gasteiger partial charge is 0.230 e. The molecule has 0 aliphatic carbocycles. The number of nitrogens with one attached hydrogen (secondary N) is 1. The van der Waals surface area contributed by atoms with Crippen LogP contribution in [0.3, 0.4) is 0 Å². The van der Waals surface area contributed by atoms with Crippen molar-refractivity contribution in [1.82, 2.24) is 4.98 Å². The second-order valence-corrected chi connectivity index (χ2v) is 4.35. The molecule has 2 heterocycles. The fourth-order valence-corrected chi connectivity index (χ4v) is 2.05. The lowest BCUT2D eigenvalue weighted by molar-refractivity contribution is -0.115. The summed E-state index contributed by atoms with van der Waals surface area (Å²) >= 11 is 1.53. The molecule has 0 atom stereocenters. The Morgan fingerprint density at radius 2 is 2.35 bits per heavy atom. The van der Waals surface area contributed by atoms with Gasteiger partial charge >= 0.3 is 0 Å². The summed E-state index contributed by atoms with van der Waals surface area (Å²) in [5.74, 6) is 0.152. The van der Waals surface area contributed by atoms with Crippen molar-refractivity contribution in [3.8, 4) is 6.07 Å². The van der Waals surface area contributed by atoms with Crippen LogP contribution in [0, 0.1) is 11.3 Å². The molecule has 0 bridgehead atoms. The Labute approximate surface area is 103 Å². The minimum absolute atomic E-state index is 0.164. The summed E-state index contributed by atoms with van der Waals surface area (Å²) in [6.45, 7) is 0. The van der Waals surface area contributed by atoms with Crippen molar-refractivity contribution in [3.05, 3.63) is 46.3 Å². The molecule has 84 valence electrons. The van der Waals surface area contributed by atoms with Crippen LogP contribution in [-0.4, -0.2) is 10.9 Å². The number of hydrogen-bond acceptors (Lipinski definition) is 4. The van der Waals surface area contributed by atoms with Gasteiger partial charge in [0.1, 0.15) is 11.9 Å². The lowest BCUT2D eigenvalue weighted by Gasteiger charge is -2.04. The average Bonchev–Trinajstić information content (AvgIpc) is 2.82. The number of hydrogen-bond donors (Lipinski definition) is 1. The van der Waals surface area contributed by atoms with E-state index >= 15 is 0 Å². The van der Waals surface area contributed by atoms with Crippen LogP contribution < -0.4 is 5.32 Å². The van der Waals surface area contributed by atoms with Crippen molar-refractivity contribution >= 4 is 23.1 Å². The molecule has 0 aliphatic rings. The Hall–Kier alpha value is -2.19. The maximum Gasteiger partial charge on any atom is 0.230 e. The molecule has 5 heteroatoms. The highest BCUT2D eigenvalue weighted by molar-refractivity contribution is 7.10. The van der Waals surface area contributed by atoms with E-state index in [1.807, 2.05) is 23.6 Å². The third-order valence-electron chi connectivity index (χ3n) is 2.10. The minimum Gasteiger partial charge on any atom is -0.309 e. The number of nitriles is 1. The van der Waals surface area contributed by atoms with E-state index in [1.165, 1.54) is 11.3 Å². The summed E-state index contributed by atoms with van der Waals surface area (Å²) in [6.07, 6.45) is 1.85. The van der Waals surface area contributed by atoms with E-state index in [1.54, 1.807) is 18.3 Å². The average molecular weight is 243 g/mol. The van der Waals surface area contributed by atoms with Crippen LogP contribution in [0.2, 0.25) is 0 Å². The van der Waals surface area contributed by atoms with Gasteiger partial charge in [0.05, 0.1) is 12.0 Å². The van der Waals surface area contributed by atoms with Gasteiger partial charge in [-0.1, -0.05) is 6.07 Å². The summed E-state index contributed by atoms with van der Waals surface area (Å²) in [5, 5.41) is 13.4. The number of rotatable bonds is 3. The fourth-order valence-electron chi connectivity index (χ4n) is 1.34. The molecular weight excluding hydrogens is 234 g/mol. The molecule has 1 amide bonds. The lowest BCUT2D eigenvalue weighted by atomic mass is 10.2. The molecule has 2 aromatic rings. The molecule has 0 fully saturated rings. The molecular formula is C12H9N3OS. The van der Waals surface area contributed by atoms with Crippen molar-refractivity contribution in [2.75, 3.05) is 5.32 Å². The molecule has 0 radical (unpaired) electrons. The van der Waals surface area contributed by atoms with Crippen LogP contribution in [0.5, 0.6) is 0 Å². The molecule has 0 saturated heterocycles. The van der Waals surface area contributed by atoms with Crippen molar-refractivity contribution < 1.29 is 4.79 Å². The molecule has 0 aromatic carbocycles. The van der Waals surface area contributed by atoms with Gasteiger partial charge < -0.3 is 5.32 Å². The molecule has 0 saturated carbocycles. The van der Waals surface area contributed by atoms with E-state index in [0.717, 1.165) is 4.88 Å². The van der Waals surface area contributed by atoms with Crippen LogP contribution >= 0.6 is 11.3 Å². The Bertz CT molecular complexity index is 557. The Morgan fingerprint density at radius 3 is 3.06 bits per heavy atom. The zero-order chi connectivity index (χ0) is 12.1. The number of nitrogens with zero attached hydrogens (tertiary/aromatic N) is 2. The minimum atomic E-state index is -0.164. The summed E-state index contributed by atoms with van der Waals surface area (Å²) in [7, 11) is 0. The highest BCUT2D eigenvalue weighted by Gasteiger charge is 2.08. The van der Waals surface area contributed by atoms with Gasteiger partial charge in [0, 0.05) is 11.1 Å². The number of thiophene rings is 1. The van der Waals surface area contributed by atoms with Crippen molar-refractivity contribution in [1.29, 1.82) is 5.26 Å². The largest absolute Gasteiger partial charge is 0.309 e. The number of carbonyl (C=O) groups excluding carboxylic acids is 1. The Morgan fingerprint density at radius 1 is 1.47 bits per heavy atom. The standard InChI is InChI=1S/C12H9N3OS/c13-8-9-3-1-5-14-12(9)15-11(16)7-10-4-2-6-17-10/h1-6H,7H2,(H,14,15,16). The zero-order valence-electron chi connectivity index (χ0n) is 8.88. The predicted molar refractivity (Wildman–Crippen MR) is 65.6 cm³/mol. The third-order valence-corrected chi connectivity index (χ3v) is 2.98. The molecule has 4 nitrogen and oxygen atoms in total. The number of pyridine rings is 1. The lowest BCUT2D eigenvalue weighted by Crippen LogP contribution is -2.15. The number of amides is 1. The van der Waals surface area contributed by atoms with Gasteiger partial charge in [0.15, 0.2) is 0 Å². The van der Waals surface area contributed by atoms with E-state index in [9.17, 15) is 4.79 Å². The fraction of sp³-hybridized carbons (Fsp3) is 0.0833. The van der Waals surface area contributed by atoms with Crippen molar-refractivity contribution in [2.24, 2.45) is 0 Å². The molecule has 0 spiro atoms. The van der Waals surface area contributed by atoms with E-state index < -0.39 is 0 Å². The molecule has 1 N–H and O–H groups in total. The Balaban J connectivity index is 2.06. The maximum atomic E-state index is 11.7. The molecule has 2 rings (SSSR count). The third kappa shape index (κ3) is 2.89. The van der Waals surface area contributed by atoms with Crippen molar-refractivity contribution in [3.63, 3.8) is 0 Å². The molecule has 17 heavy (non-hydrogen) atoms. The van der Waals surface area contributed by atoms with Gasteiger partial charge in [0.25, 0.3) is 0 Å². The highest BCUT2D eigenvalue weighted by Crippen LogP contribution is 2.12. The first-order chi connectivity index (χ1) is 8.29. The summed E-state index contributed by atoms with van der Waals surface area (Å²) in [6, 6.07) is 9.06. The van der Waals surface area contributed by atoms with Crippen LogP contribution in [0.1, 0.15) is 10.4 Å². The van der Waals surface area contributed by atoms with Gasteiger partial charge in [-0.2, -0.15) is 5.26 Å². The second-order valence-electron chi connectivity index (χ2n) is 3.32. The second kappa shape index (κ2) is 5.23. The summed E-state index contributed by atoms with van der Waals surface area (Å²) in [5.41, 5.74) is 0.368. The summed E-state index contributed by atoms with van der Waals surface area (Å²) in [4.78, 5) is 16.6. The summed E-state index contributed by atoms with van der Waals surface area (Å²) < 4.78 is 0. The number of anilines is 1. The van der Waals surface area contributed by atoms with Crippen LogP contribution in [0.15, 0.2) is 35.8 Å². The molecule has 0 unspecified atom stereocenters. The van der Waals surface area contributed by atoms with Gasteiger partial charge in [-0.25, -0.2) is 4.98 Å². The first-order valence-electron chi connectivity index (χ1n) is 4.97. The van der Waals surface area contributed by atoms with E-state index in [2.05, 4.69) is 10.3 Å². The zero-order valence-corrected chi connectivity index (χ0v) is 9.70. The quantitative estimate of drug-likeness (QED) is 0.898. The number of carbonyl (C=O) groups is 1. The first-order valence-corrected chi connectivity index (χ1v) is 5.85. The molecule has 0 aliphatic heterocycles. The maximum absolute atomic E-state index is 11.7. The van der Waals surface area contributed by atoms with Crippen molar-refractivity contribution in [2.45, 2.75) is 6.42 Å². The first kappa shape index (κ1) is 11.3. The highest BCUT2D eigenvalue weighted by atomic mass is 32.1. The topological polar surface area (TPSA) is 65.8 Å². The monoisotopic (exact) mass is 243 g/mol. The van der Waals surface area contributed by atoms with Crippen LogP contribution in [0.4, 0.5) is 5.82 Å². The number of aromatic nitrogens is 1. The van der Waals surface area contributed by atoms with Crippen LogP contribution in [-0.2, 0) is 11.2 Å². The molecule has 2 aromatic heterocycles. The predicted octanol–water partition coefficient (Wildman–Crippen LogP) is 2.20. The normalized spacial score (nSPS) is 9.59. The van der Waals surface area contributed by atoms with E-state index in [0.29, 0.717) is 17.8 Å². The van der Waals surface area contributed by atoms with E-state index in [-0.39, 0.29) is 5.91 Å². The van der Waals surface area contributed by atoms with Gasteiger partial charge in [-0.3, -0.25) is 4.79 Å². The SMILES string of the molecule is N#Cc1cccnc1NC(=O)Cc1cccs1. The van der Waals surface area contributed by atoms with Crippen LogP contribution in [0.25, 0.3) is 0 Å². The van der Waals surface area contributed by atoms with E-state index in [4.69, 9.17) is 5.26 Å².